The maximum atomic E-state index is 10.1. The first kappa shape index (κ1) is 16.8. The highest BCUT2D eigenvalue weighted by Gasteiger charge is 1.96. The summed E-state index contributed by atoms with van der Waals surface area (Å²) in [6, 6.07) is 0. The van der Waals surface area contributed by atoms with Gasteiger partial charge in [-0.15, -0.1) is 0 Å². The van der Waals surface area contributed by atoms with Crippen LogP contribution in [-0.2, 0) is 4.79 Å². The molecule has 0 unspecified atom stereocenters. The van der Waals surface area contributed by atoms with E-state index in [1.807, 2.05) is 0 Å². The van der Waals surface area contributed by atoms with Gasteiger partial charge in [0.15, 0.2) is 0 Å². The topological polar surface area (TPSA) is 63.3 Å². The molecule has 0 aromatic rings. The van der Waals surface area contributed by atoms with Crippen LogP contribution in [0.15, 0.2) is 0 Å². The molecule has 3 heteroatoms. The van der Waals surface area contributed by atoms with Crippen molar-refractivity contribution in [2.24, 2.45) is 17.6 Å². The Hall–Kier alpha value is -0.570. The molecular weight excluding hydrogens is 190 g/mol. The summed E-state index contributed by atoms with van der Waals surface area (Å²) in [5, 5.41) is 8.32. The highest BCUT2D eigenvalue weighted by Crippen LogP contribution is 2.01. The summed E-state index contributed by atoms with van der Waals surface area (Å²) < 4.78 is 0. The molecule has 3 N–H and O–H groups in total. The second-order valence-electron chi connectivity index (χ2n) is 4.66. The van der Waals surface area contributed by atoms with Crippen molar-refractivity contribution in [3.63, 3.8) is 0 Å². The Morgan fingerprint density at radius 1 is 1.13 bits per heavy atom. The van der Waals surface area contributed by atoms with Crippen LogP contribution in [0.3, 0.4) is 0 Å². The Bertz CT molecular complexity index is 145. The van der Waals surface area contributed by atoms with E-state index in [4.69, 9.17) is 10.8 Å². The minimum Gasteiger partial charge on any atom is -0.396 e. The van der Waals surface area contributed by atoms with Crippen LogP contribution < -0.4 is 5.73 Å². The molecule has 0 bridgehead atoms. The Morgan fingerprint density at radius 2 is 1.60 bits per heavy atom. The monoisotopic (exact) mass is 217 g/mol. The zero-order valence-corrected chi connectivity index (χ0v) is 10.6. The fraction of sp³-hybridized carbons (Fsp3) is 0.917. The third-order valence-corrected chi connectivity index (χ3v) is 1.91. The number of aliphatic hydroxyl groups excluding tert-OH is 1. The van der Waals surface area contributed by atoms with E-state index in [1.54, 1.807) is 0 Å². The zero-order chi connectivity index (χ0) is 12.3. The molecule has 0 saturated heterocycles. The standard InChI is InChI=1S/C6H13NO.C6H14O/c1-5(2)3-4-6(7)8;1-6(2)4-3-5-7/h5H,3-4H2,1-2H3,(H2,7,8);6-7H,3-5H2,1-2H3. The lowest BCUT2D eigenvalue weighted by Gasteiger charge is -1.98. The summed E-state index contributed by atoms with van der Waals surface area (Å²) >= 11 is 0. The molecule has 0 spiro atoms. The average molecular weight is 217 g/mol. The minimum atomic E-state index is -0.196. The van der Waals surface area contributed by atoms with Crippen LogP contribution in [0.5, 0.6) is 0 Å². The predicted molar refractivity (Wildman–Crippen MR) is 64.4 cm³/mol. The predicted octanol–water partition coefficient (Wildman–Crippen LogP) is 2.32. The quantitative estimate of drug-likeness (QED) is 0.717. The van der Waals surface area contributed by atoms with Crippen LogP contribution in [0.25, 0.3) is 0 Å². The van der Waals surface area contributed by atoms with E-state index >= 15 is 0 Å². The van der Waals surface area contributed by atoms with Crippen molar-refractivity contribution in [1.82, 2.24) is 0 Å². The molecule has 1 amide bonds. The summed E-state index contributed by atoms with van der Waals surface area (Å²) in [4.78, 5) is 10.1. The lowest BCUT2D eigenvalue weighted by molar-refractivity contribution is -0.118. The number of rotatable bonds is 6. The maximum Gasteiger partial charge on any atom is 0.217 e. The van der Waals surface area contributed by atoms with Crippen molar-refractivity contribution in [2.75, 3.05) is 6.61 Å². The lowest BCUT2D eigenvalue weighted by atomic mass is 10.1. The number of carbonyl (C=O) groups is 1. The molecule has 0 aliphatic carbocycles. The highest BCUT2D eigenvalue weighted by atomic mass is 16.2. The molecule has 0 radical (unpaired) electrons. The van der Waals surface area contributed by atoms with Gasteiger partial charge in [-0.25, -0.2) is 0 Å². The van der Waals surface area contributed by atoms with Gasteiger partial charge in [0, 0.05) is 13.0 Å². The van der Waals surface area contributed by atoms with E-state index < -0.39 is 0 Å². The molecule has 0 fully saturated rings. The highest BCUT2D eigenvalue weighted by molar-refractivity contribution is 5.73. The van der Waals surface area contributed by atoms with Crippen molar-refractivity contribution in [3.8, 4) is 0 Å². The van der Waals surface area contributed by atoms with Crippen molar-refractivity contribution < 1.29 is 9.90 Å². The Labute approximate surface area is 94.1 Å². The SMILES string of the molecule is CC(C)CCC(N)=O.CC(C)CCCO. The molecule has 0 aromatic heterocycles. The molecule has 92 valence electrons. The van der Waals surface area contributed by atoms with Gasteiger partial charge >= 0.3 is 0 Å². The lowest BCUT2D eigenvalue weighted by Crippen LogP contribution is -2.10. The molecule has 0 aliphatic rings. The second kappa shape index (κ2) is 11.5. The van der Waals surface area contributed by atoms with Crippen molar-refractivity contribution in [2.45, 2.75) is 53.4 Å². The van der Waals surface area contributed by atoms with Gasteiger partial charge in [0.25, 0.3) is 0 Å². The van der Waals surface area contributed by atoms with E-state index in [0.717, 1.165) is 25.2 Å². The van der Waals surface area contributed by atoms with Gasteiger partial charge in [0.05, 0.1) is 0 Å². The molecule has 0 aromatic carbocycles. The van der Waals surface area contributed by atoms with Gasteiger partial charge in [0.1, 0.15) is 0 Å². The number of carbonyl (C=O) groups excluding carboxylic acids is 1. The van der Waals surface area contributed by atoms with Gasteiger partial charge < -0.3 is 10.8 Å². The largest absolute Gasteiger partial charge is 0.396 e. The van der Waals surface area contributed by atoms with Crippen molar-refractivity contribution >= 4 is 5.91 Å². The normalized spacial score (nSPS) is 10.1. The molecule has 0 atom stereocenters. The summed E-state index contributed by atoms with van der Waals surface area (Å²) in [6.45, 7) is 8.81. The van der Waals surface area contributed by atoms with Gasteiger partial charge in [0.2, 0.25) is 5.91 Å². The molecule has 0 aliphatic heterocycles. The van der Waals surface area contributed by atoms with Gasteiger partial charge in [-0.05, 0) is 31.1 Å². The summed E-state index contributed by atoms with van der Waals surface area (Å²) in [5.74, 6) is 1.13. The Morgan fingerprint density at radius 3 is 1.73 bits per heavy atom. The first-order valence-corrected chi connectivity index (χ1v) is 5.79. The molecule has 3 nitrogen and oxygen atoms in total. The summed E-state index contributed by atoms with van der Waals surface area (Å²) in [7, 11) is 0. The average Bonchev–Trinajstić information content (AvgIpc) is 2.12. The number of hydrogen-bond acceptors (Lipinski definition) is 2. The van der Waals surface area contributed by atoms with E-state index in [2.05, 4.69) is 27.7 Å². The first-order valence-electron chi connectivity index (χ1n) is 5.79. The molecule has 15 heavy (non-hydrogen) atoms. The van der Waals surface area contributed by atoms with E-state index in [1.165, 1.54) is 0 Å². The van der Waals surface area contributed by atoms with E-state index in [9.17, 15) is 4.79 Å². The summed E-state index contributed by atoms with van der Waals surface area (Å²) in [6.07, 6.45) is 3.54. The number of primary amides is 1. The fourth-order valence-corrected chi connectivity index (χ4v) is 0.930. The van der Waals surface area contributed by atoms with Crippen LogP contribution in [0.1, 0.15) is 53.4 Å². The first-order chi connectivity index (χ1) is 6.90. The summed E-state index contributed by atoms with van der Waals surface area (Å²) in [5.41, 5.74) is 4.90. The van der Waals surface area contributed by atoms with Crippen molar-refractivity contribution in [3.05, 3.63) is 0 Å². The van der Waals surface area contributed by atoms with Crippen molar-refractivity contribution in [1.29, 1.82) is 0 Å². The molecule has 0 heterocycles. The maximum absolute atomic E-state index is 10.1. The van der Waals surface area contributed by atoms with Crippen LogP contribution in [0, 0.1) is 11.8 Å². The van der Waals surface area contributed by atoms with Gasteiger partial charge in [-0.1, -0.05) is 27.7 Å². The van der Waals surface area contributed by atoms with Crippen LogP contribution >= 0.6 is 0 Å². The minimum absolute atomic E-state index is 0.196. The Balaban J connectivity index is 0. The van der Waals surface area contributed by atoms with Gasteiger partial charge in [-0.3, -0.25) is 4.79 Å². The fourth-order valence-electron chi connectivity index (χ4n) is 0.930. The van der Waals surface area contributed by atoms with E-state index in [-0.39, 0.29) is 5.91 Å². The number of amides is 1. The number of nitrogens with two attached hydrogens (primary N) is 1. The number of aliphatic hydroxyl groups is 1. The second-order valence-corrected chi connectivity index (χ2v) is 4.66. The van der Waals surface area contributed by atoms with Crippen LogP contribution in [-0.4, -0.2) is 17.6 Å². The third-order valence-electron chi connectivity index (χ3n) is 1.91. The van der Waals surface area contributed by atoms with Gasteiger partial charge in [-0.2, -0.15) is 0 Å². The Kier molecular flexibility index (Phi) is 12.9. The molecule has 0 rings (SSSR count). The smallest absolute Gasteiger partial charge is 0.217 e. The van der Waals surface area contributed by atoms with Crippen LogP contribution in [0.2, 0.25) is 0 Å². The molecular formula is C12H27NO2. The third kappa shape index (κ3) is 24.7. The zero-order valence-electron chi connectivity index (χ0n) is 10.6. The number of hydrogen-bond donors (Lipinski definition) is 2. The van der Waals surface area contributed by atoms with E-state index in [0.29, 0.717) is 18.9 Å². The van der Waals surface area contributed by atoms with Crippen LogP contribution in [0.4, 0.5) is 0 Å². The molecule has 0 saturated carbocycles.